The fourth-order valence-electron chi connectivity index (χ4n) is 4.05. The summed E-state index contributed by atoms with van der Waals surface area (Å²) in [6.07, 6.45) is -1.31. The molecule has 2 aliphatic carbocycles. The zero-order valence-electron chi connectivity index (χ0n) is 16.7. The molecule has 1 saturated carbocycles. The van der Waals surface area contributed by atoms with Gasteiger partial charge in [0.05, 0.1) is 0 Å². The van der Waals surface area contributed by atoms with Gasteiger partial charge in [-0.1, -0.05) is 30.3 Å². The van der Waals surface area contributed by atoms with E-state index in [9.17, 15) is 18.0 Å². The molecule has 8 heteroatoms. The Bertz CT molecular complexity index is 1120. The van der Waals surface area contributed by atoms with E-state index in [4.69, 9.17) is 9.40 Å². The zero-order valence-corrected chi connectivity index (χ0v) is 17.5. The minimum absolute atomic E-state index is 0.357. The number of carbonyl (C=O) groups excluding carboxylic acids is 1. The van der Waals surface area contributed by atoms with Crippen LogP contribution in [0.4, 0.5) is 13.2 Å². The third kappa shape index (κ3) is 4.31. The molecule has 1 unspecified atom stereocenters. The SMILES string of the molecule is O=C(NC1CCc2cc3oc(C4CC4)nc3c(SCc3ccccc3)c2C1)C(F)(F)F. The van der Waals surface area contributed by atoms with Crippen LogP contribution in [-0.4, -0.2) is 23.1 Å². The molecular weight excluding hydrogens is 425 g/mol. The van der Waals surface area contributed by atoms with Gasteiger partial charge in [0.1, 0.15) is 5.52 Å². The Balaban J connectivity index is 1.49. The summed E-state index contributed by atoms with van der Waals surface area (Å²) in [6, 6.07) is 11.5. The molecule has 0 aliphatic heterocycles. The van der Waals surface area contributed by atoms with Gasteiger partial charge in [0, 0.05) is 22.6 Å². The van der Waals surface area contributed by atoms with Crippen LogP contribution >= 0.6 is 11.8 Å². The van der Waals surface area contributed by atoms with Gasteiger partial charge < -0.3 is 9.73 Å². The quantitative estimate of drug-likeness (QED) is 0.524. The van der Waals surface area contributed by atoms with Crippen LogP contribution in [0, 0.1) is 0 Å². The van der Waals surface area contributed by atoms with Crippen LogP contribution in [0.3, 0.4) is 0 Å². The van der Waals surface area contributed by atoms with Crippen LogP contribution in [0.2, 0.25) is 0 Å². The first-order valence-electron chi connectivity index (χ1n) is 10.4. The smallest absolute Gasteiger partial charge is 0.440 e. The van der Waals surface area contributed by atoms with Crippen LogP contribution in [0.5, 0.6) is 0 Å². The molecule has 0 radical (unpaired) electrons. The standard InChI is InChI=1S/C23H21F3N2O2S/c24-23(25,26)22(29)27-16-9-8-15-10-18-19(28-21(30-18)14-6-7-14)20(17(15)11-16)31-12-13-4-2-1-3-5-13/h1-5,10,14,16H,6-9,11-12H2,(H,27,29). The van der Waals surface area contributed by atoms with Crippen LogP contribution in [-0.2, 0) is 23.4 Å². The van der Waals surface area contributed by atoms with Crippen LogP contribution < -0.4 is 5.32 Å². The van der Waals surface area contributed by atoms with E-state index in [-0.39, 0.29) is 0 Å². The van der Waals surface area contributed by atoms with Crippen molar-refractivity contribution in [3.05, 3.63) is 59.0 Å². The Morgan fingerprint density at radius 3 is 2.68 bits per heavy atom. The van der Waals surface area contributed by atoms with Crippen molar-refractivity contribution in [2.75, 3.05) is 0 Å². The summed E-state index contributed by atoms with van der Waals surface area (Å²) in [6.45, 7) is 0. The molecule has 0 bridgehead atoms. The van der Waals surface area contributed by atoms with Crippen molar-refractivity contribution < 1.29 is 22.4 Å². The molecule has 31 heavy (non-hydrogen) atoms. The number of nitrogens with one attached hydrogen (secondary N) is 1. The second kappa shape index (κ2) is 7.89. The number of benzene rings is 2. The Hall–Kier alpha value is -2.48. The fourth-order valence-corrected chi connectivity index (χ4v) is 5.22. The highest BCUT2D eigenvalue weighted by molar-refractivity contribution is 7.98. The largest absolute Gasteiger partial charge is 0.471 e. The Morgan fingerprint density at radius 2 is 1.97 bits per heavy atom. The predicted molar refractivity (Wildman–Crippen MR) is 112 cm³/mol. The number of oxazole rings is 1. The van der Waals surface area contributed by atoms with Crippen molar-refractivity contribution in [2.45, 2.75) is 60.9 Å². The van der Waals surface area contributed by atoms with Gasteiger partial charge in [-0.3, -0.25) is 4.79 Å². The second-order valence-corrected chi connectivity index (χ2v) is 9.19. The summed E-state index contributed by atoms with van der Waals surface area (Å²) in [5, 5.41) is 2.17. The number of nitrogens with zero attached hydrogens (tertiary/aromatic N) is 1. The maximum absolute atomic E-state index is 12.7. The molecule has 1 heterocycles. The topological polar surface area (TPSA) is 55.1 Å². The number of rotatable bonds is 5. The molecule has 0 spiro atoms. The van der Waals surface area contributed by atoms with E-state index in [1.807, 2.05) is 36.4 Å². The van der Waals surface area contributed by atoms with Crippen molar-refractivity contribution in [1.82, 2.24) is 10.3 Å². The summed E-state index contributed by atoms with van der Waals surface area (Å²) < 4.78 is 44.3. The predicted octanol–water partition coefficient (Wildman–Crippen LogP) is 5.53. The molecule has 1 aromatic heterocycles. The first kappa shape index (κ1) is 20.4. The number of amides is 1. The van der Waals surface area contributed by atoms with E-state index >= 15 is 0 Å². The minimum Gasteiger partial charge on any atom is -0.440 e. The first-order valence-corrected chi connectivity index (χ1v) is 11.4. The lowest BCUT2D eigenvalue weighted by Gasteiger charge is -2.27. The van der Waals surface area contributed by atoms with Gasteiger partial charge in [0.2, 0.25) is 0 Å². The van der Waals surface area contributed by atoms with Crippen molar-refractivity contribution >= 4 is 28.8 Å². The van der Waals surface area contributed by atoms with Crippen molar-refractivity contribution in [3.63, 3.8) is 0 Å². The number of hydrogen-bond acceptors (Lipinski definition) is 4. The highest BCUT2D eigenvalue weighted by atomic mass is 32.2. The molecule has 1 atom stereocenters. The van der Waals surface area contributed by atoms with E-state index in [1.54, 1.807) is 11.8 Å². The molecule has 3 aromatic rings. The van der Waals surface area contributed by atoms with Crippen molar-refractivity contribution in [3.8, 4) is 0 Å². The molecule has 1 N–H and O–H groups in total. The lowest BCUT2D eigenvalue weighted by molar-refractivity contribution is -0.174. The van der Waals surface area contributed by atoms with Gasteiger partial charge in [-0.05, 0) is 54.9 Å². The Kier molecular flexibility index (Phi) is 5.20. The lowest BCUT2D eigenvalue weighted by atomic mass is 9.87. The van der Waals surface area contributed by atoms with Gasteiger partial charge >= 0.3 is 12.1 Å². The van der Waals surface area contributed by atoms with Gasteiger partial charge in [0.15, 0.2) is 11.5 Å². The monoisotopic (exact) mass is 446 g/mol. The number of aryl methyl sites for hydroxylation is 1. The van der Waals surface area contributed by atoms with Gasteiger partial charge in [-0.2, -0.15) is 13.2 Å². The number of aromatic nitrogens is 1. The summed E-state index contributed by atoms with van der Waals surface area (Å²) in [7, 11) is 0. The number of alkyl halides is 3. The van der Waals surface area contributed by atoms with Crippen molar-refractivity contribution in [2.24, 2.45) is 0 Å². The third-order valence-corrected chi connectivity index (χ3v) is 7.02. The fraction of sp³-hybridized carbons (Fsp3) is 0.391. The van der Waals surface area contributed by atoms with Crippen LogP contribution in [0.25, 0.3) is 11.1 Å². The van der Waals surface area contributed by atoms with Gasteiger partial charge in [-0.25, -0.2) is 4.98 Å². The van der Waals surface area contributed by atoms with E-state index < -0.39 is 18.1 Å². The Labute approximate surface area is 181 Å². The number of hydrogen-bond donors (Lipinski definition) is 1. The molecule has 5 rings (SSSR count). The molecule has 2 aromatic carbocycles. The highest BCUT2D eigenvalue weighted by Gasteiger charge is 2.40. The molecule has 0 saturated heterocycles. The van der Waals surface area contributed by atoms with E-state index in [0.717, 1.165) is 57.2 Å². The second-order valence-electron chi connectivity index (χ2n) is 8.20. The van der Waals surface area contributed by atoms with Gasteiger partial charge in [-0.15, -0.1) is 11.8 Å². The maximum Gasteiger partial charge on any atom is 0.471 e. The summed E-state index contributed by atoms with van der Waals surface area (Å²) in [5.41, 5.74) is 4.72. The first-order chi connectivity index (χ1) is 14.9. The number of carbonyl (C=O) groups is 1. The number of thioether (sulfide) groups is 1. The zero-order chi connectivity index (χ0) is 21.6. The van der Waals surface area contributed by atoms with Crippen molar-refractivity contribution in [1.29, 1.82) is 0 Å². The maximum atomic E-state index is 12.7. The molecule has 2 aliphatic rings. The lowest BCUT2D eigenvalue weighted by Crippen LogP contribution is -2.45. The van der Waals surface area contributed by atoms with E-state index in [1.165, 1.54) is 0 Å². The minimum atomic E-state index is -4.87. The Morgan fingerprint density at radius 1 is 1.19 bits per heavy atom. The summed E-state index contributed by atoms with van der Waals surface area (Å²) in [4.78, 5) is 17.2. The summed E-state index contributed by atoms with van der Waals surface area (Å²) in [5.74, 6) is -0.0357. The van der Waals surface area contributed by atoms with Crippen LogP contribution in [0.15, 0.2) is 45.7 Å². The van der Waals surface area contributed by atoms with Crippen LogP contribution in [0.1, 0.15) is 47.8 Å². The third-order valence-electron chi connectivity index (χ3n) is 5.81. The normalized spacial score (nSPS) is 18.7. The average molecular weight is 446 g/mol. The molecule has 1 fully saturated rings. The average Bonchev–Trinajstić information content (AvgIpc) is 3.51. The number of fused-ring (bicyclic) bond motifs is 2. The molecule has 1 amide bonds. The highest BCUT2D eigenvalue weighted by Crippen LogP contribution is 2.44. The van der Waals surface area contributed by atoms with E-state index in [2.05, 4.69) is 5.32 Å². The summed E-state index contributed by atoms with van der Waals surface area (Å²) >= 11 is 1.63. The molecule has 162 valence electrons. The van der Waals surface area contributed by atoms with Gasteiger partial charge in [0.25, 0.3) is 0 Å². The number of halogens is 3. The molecule has 4 nitrogen and oxygen atoms in total. The molecular formula is C23H21F3N2O2S. The van der Waals surface area contributed by atoms with E-state index in [0.29, 0.717) is 25.2 Å².